The summed E-state index contributed by atoms with van der Waals surface area (Å²) in [5.74, 6) is 0.687. The first-order valence-corrected chi connectivity index (χ1v) is 4.25. The fourth-order valence-electron chi connectivity index (χ4n) is 1.04. The molecule has 0 atom stereocenters. The molecule has 2 aliphatic heterocycles. The van der Waals surface area contributed by atoms with Crippen LogP contribution in [0.2, 0.25) is 0 Å². The minimum Gasteiger partial charge on any atom is -0.399 e. The predicted octanol–water partition coefficient (Wildman–Crippen LogP) is 0.779. The van der Waals surface area contributed by atoms with Crippen LogP contribution in [0.25, 0.3) is 0 Å². The minimum absolute atomic E-state index is 0.658. The van der Waals surface area contributed by atoms with Gasteiger partial charge in [0.1, 0.15) is 0 Å². The van der Waals surface area contributed by atoms with Crippen molar-refractivity contribution >= 4 is 28.1 Å². The molecule has 0 unspecified atom stereocenters. The Hall–Kier alpha value is -1.10. The van der Waals surface area contributed by atoms with Gasteiger partial charge in [0.2, 0.25) is 5.96 Å². The summed E-state index contributed by atoms with van der Waals surface area (Å²) in [6, 6.07) is 0. The van der Waals surface area contributed by atoms with Crippen LogP contribution in [0.15, 0.2) is 32.6 Å². The first-order valence-electron chi connectivity index (χ1n) is 3.46. The highest BCUT2D eigenvalue weighted by atomic mass is 79.9. The normalized spacial score (nSPS) is 21.1. The maximum absolute atomic E-state index is 5.60. The Kier molecular flexibility index (Phi) is 1.73. The van der Waals surface area contributed by atoms with Crippen molar-refractivity contribution in [3.05, 3.63) is 22.6 Å². The summed E-state index contributed by atoms with van der Waals surface area (Å²) < 4.78 is 0.927. The Morgan fingerprint density at radius 1 is 1.58 bits per heavy atom. The Bertz CT molecular complexity index is 326. The van der Waals surface area contributed by atoms with Crippen LogP contribution in [0.3, 0.4) is 0 Å². The monoisotopic (exact) mass is 226 g/mol. The standard InChI is InChI=1S/C7H7BrN4/c8-5-1-10-7-11-2-6(9)4-12(7)3-5/h1-3H,4,9H2. The first-order chi connectivity index (χ1) is 5.75. The lowest BCUT2D eigenvalue weighted by molar-refractivity contribution is 0.580. The Labute approximate surface area is 78.3 Å². The highest BCUT2D eigenvalue weighted by Gasteiger charge is 2.15. The van der Waals surface area contributed by atoms with Gasteiger partial charge in [0, 0.05) is 18.1 Å². The fraction of sp³-hybridized carbons (Fsp3) is 0.143. The van der Waals surface area contributed by atoms with Gasteiger partial charge in [0.05, 0.1) is 17.2 Å². The van der Waals surface area contributed by atoms with Gasteiger partial charge in [-0.1, -0.05) is 0 Å². The van der Waals surface area contributed by atoms with Crippen molar-refractivity contribution in [3.8, 4) is 0 Å². The van der Waals surface area contributed by atoms with E-state index in [4.69, 9.17) is 5.73 Å². The van der Waals surface area contributed by atoms with E-state index in [0.717, 1.165) is 10.2 Å². The molecule has 0 aromatic rings. The highest BCUT2D eigenvalue weighted by molar-refractivity contribution is 9.12. The predicted molar refractivity (Wildman–Crippen MR) is 51.9 cm³/mol. The molecule has 2 heterocycles. The van der Waals surface area contributed by atoms with Crippen LogP contribution in [0.1, 0.15) is 0 Å². The Balaban J connectivity index is 2.33. The number of rotatable bonds is 0. The van der Waals surface area contributed by atoms with E-state index >= 15 is 0 Å². The third-order valence-electron chi connectivity index (χ3n) is 1.54. The van der Waals surface area contributed by atoms with Crippen molar-refractivity contribution in [3.63, 3.8) is 0 Å². The average molecular weight is 227 g/mol. The van der Waals surface area contributed by atoms with Crippen LogP contribution >= 0.6 is 15.9 Å². The summed E-state index contributed by atoms with van der Waals surface area (Å²) in [4.78, 5) is 10.0. The molecule has 0 aromatic heterocycles. The summed E-state index contributed by atoms with van der Waals surface area (Å²) in [6.07, 6.45) is 5.26. The molecule has 0 aliphatic carbocycles. The third kappa shape index (κ3) is 1.27. The fourth-order valence-corrected chi connectivity index (χ4v) is 1.39. The minimum atomic E-state index is 0.658. The molecule has 5 heteroatoms. The number of guanidine groups is 1. The lowest BCUT2D eigenvalue weighted by atomic mass is 10.4. The van der Waals surface area contributed by atoms with Gasteiger partial charge in [-0.25, -0.2) is 9.98 Å². The van der Waals surface area contributed by atoms with E-state index in [-0.39, 0.29) is 0 Å². The van der Waals surface area contributed by atoms with Crippen molar-refractivity contribution in [2.24, 2.45) is 15.7 Å². The number of hydrogen-bond acceptors (Lipinski definition) is 4. The molecule has 0 radical (unpaired) electrons. The van der Waals surface area contributed by atoms with Crippen LogP contribution < -0.4 is 5.73 Å². The van der Waals surface area contributed by atoms with Crippen LogP contribution in [0, 0.1) is 0 Å². The SMILES string of the molecule is NC1=CN=C2N=CC(Br)=CN2C1. The van der Waals surface area contributed by atoms with Crippen molar-refractivity contribution in [1.29, 1.82) is 0 Å². The average Bonchev–Trinajstić information content (AvgIpc) is 2.03. The molecule has 62 valence electrons. The quantitative estimate of drug-likeness (QED) is 0.664. The third-order valence-corrected chi connectivity index (χ3v) is 1.95. The second-order valence-electron chi connectivity index (χ2n) is 2.53. The number of nitrogens with zero attached hydrogens (tertiary/aromatic N) is 3. The molecular formula is C7H7BrN4. The van der Waals surface area contributed by atoms with Crippen LogP contribution in [-0.4, -0.2) is 23.6 Å². The summed E-state index contributed by atoms with van der Waals surface area (Å²) >= 11 is 3.33. The summed E-state index contributed by atoms with van der Waals surface area (Å²) in [5, 5.41) is 0. The van der Waals surface area contributed by atoms with E-state index in [9.17, 15) is 0 Å². The molecule has 2 aliphatic rings. The molecule has 0 saturated heterocycles. The molecule has 0 bridgehead atoms. The van der Waals surface area contributed by atoms with Gasteiger partial charge in [-0.15, -0.1) is 0 Å². The molecule has 12 heavy (non-hydrogen) atoms. The lowest BCUT2D eigenvalue weighted by Crippen LogP contribution is -2.33. The number of allylic oxidation sites excluding steroid dienone is 1. The van der Waals surface area contributed by atoms with Gasteiger partial charge < -0.3 is 10.6 Å². The topological polar surface area (TPSA) is 54.0 Å². The van der Waals surface area contributed by atoms with Gasteiger partial charge >= 0.3 is 0 Å². The number of fused-ring (bicyclic) bond motifs is 1. The number of halogens is 1. The molecule has 0 amide bonds. The van der Waals surface area contributed by atoms with Crippen LogP contribution in [0.5, 0.6) is 0 Å². The van der Waals surface area contributed by atoms with Crippen molar-refractivity contribution in [2.75, 3.05) is 6.54 Å². The molecule has 0 fully saturated rings. The van der Waals surface area contributed by atoms with E-state index in [1.54, 1.807) is 12.4 Å². The van der Waals surface area contributed by atoms with Gasteiger partial charge in [0.25, 0.3) is 0 Å². The summed E-state index contributed by atoms with van der Waals surface area (Å²) in [7, 11) is 0. The number of nitrogens with two attached hydrogens (primary N) is 1. The van der Waals surface area contributed by atoms with E-state index in [0.29, 0.717) is 12.5 Å². The maximum Gasteiger partial charge on any atom is 0.229 e. The molecular weight excluding hydrogens is 220 g/mol. The smallest absolute Gasteiger partial charge is 0.229 e. The summed E-state index contributed by atoms with van der Waals surface area (Å²) in [5.41, 5.74) is 6.35. The van der Waals surface area contributed by atoms with Gasteiger partial charge in [-0.3, -0.25) is 0 Å². The molecule has 0 spiro atoms. The molecule has 2 N–H and O–H groups in total. The molecule has 0 saturated carbocycles. The molecule has 4 nitrogen and oxygen atoms in total. The second kappa shape index (κ2) is 2.75. The van der Waals surface area contributed by atoms with E-state index in [1.165, 1.54) is 0 Å². The Morgan fingerprint density at radius 2 is 2.42 bits per heavy atom. The zero-order valence-corrected chi connectivity index (χ0v) is 7.82. The van der Waals surface area contributed by atoms with Crippen LogP contribution in [0.4, 0.5) is 0 Å². The highest BCUT2D eigenvalue weighted by Crippen LogP contribution is 2.14. The largest absolute Gasteiger partial charge is 0.399 e. The Morgan fingerprint density at radius 3 is 3.25 bits per heavy atom. The number of hydrogen-bond donors (Lipinski definition) is 1. The van der Waals surface area contributed by atoms with Gasteiger partial charge in [0.15, 0.2) is 0 Å². The van der Waals surface area contributed by atoms with Crippen molar-refractivity contribution in [1.82, 2.24) is 4.90 Å². The lowest BCUT2D eigenvalue weighted by Gasteiger charge is -2.24. The first kappa shape index (κ1) is 7.54. The zero-order valence-electron chi connectivity index (χ0n) is 6.24. The molecule has 0 aromatic carbocycles. The molecule has 2 rings (SSSR count). The van der Waals surface area contributed by atoms with Gasteiger partial charge in [-0.05, 0) is 15.9 Å². The van der Waals surface area contributed by atoms with Crippen molar-refractivity contribution in [2.45, 2.75) is 0 Å². The number of aliphatic imine (C=N–C) groups is 2. The maximum atomic E-state index is 5.60. The zero-order chi connectivity index (χ0) is 8.55. The van der Waals surface area contributed by atoms with Gasteiger partial charge in [-0.2, -0.15) is 0 Å². The van der Waals surface area contributed by atoms with E-state index < -0.39 is 0 Å². The van der Waals surface area contributed by atoms with Crippen molar-refractivity contribution < 1.29 is 0 Å². The van der Waals surface area contributed by atoms with Crippen LogP contribution in [-0.2, 0) is 0 Å². The van der Waals surface area contributed by atoms with E-state index in [1.807, 2.05) is 11.1 Å². The van der Waals surface area contributed by atoms with E-state index in [2.05, 4.69) is 25.9 Å². The summed E-state index contributed by atoms with van der Waals surface area (Å²) in [6.45, 7) is 0.658. The second-order valence-corrected chi connectivity index (χ2v) is 3.45.